The number of aliphatic hydroxyl groups is 1. The molecule has 0 saturated carbocycles. The summed E-state index contributed by atoms with van der Waals surface area (Å²) in [6, 6.07) is 0. The van der Waals surface area contributed by atoms with Crippen LogP contribution in [0.3, 0.4) is 0 Å². The van der Waals surface area contributed by atoms with Gasteiger partial charge < -0.3 is 14.6 Å². The van der Waals surface area contributed by atoms with Crippen LogP contribution >= 0.6 is 0 Å². The third-order valence-electron chi connectivity index (χ3n) is 2.65. The highest BCUT2D eigenvalue weighted by Gasteiger charge is 2.21. The van der Waals surface area contributed by atoms with E-state index in [1.807, 2.05) is 13.8 Å². The smallest absolute Gasteiger partial charge is 0.236 e. The minimum Gasteiger partial charge on any atom is -0.480 e. The van der Waals surface area contributed by atoms with E-state index in [1.54, 1.807) is 13.2 Å². The lowest BCUT2D eigenvalue weighted by Crippen LogP contribution is -2.11. The van der Waals surface area contributed by atoms with Gasteiger partial charge in [-0.1, -0.05) is 19.9 Å². The van der Waals surface area contributed by atoms with E-state index in [1.165, 1.54) is 7.11 Å². The van der Waals surface area contributed by atoms with Crippen molar-refractivity contribution in [1.82, 2.24) is 9.97 Å². The minimum absolute atomic E-state index is 0.0985. The van der Waals surface area contributed by atoms with Crippen LogP contribution in [0.4, 0.5) is 0 Å². The SMILES string of the molecule is C=CC(CO)c1nc(OC)c(C(C)C)nc1OC. The first kappa shape index (κ1) is 14.4. The number of hydrogen-bond donors (Lipinski definition) is 1. The second kappa shape index (κ2) is 6.35. The van der Waals surface area contributed by atoms with E-state index < -0.39 is 0 Å². The molecule has 0 aliphatic carbocycles. The third kappa shape index (κ3) is 2.79. The predicted molar refractivity (Wildman–Crippen MR) is 69.2 cm³/mol. The van der Waals surface area contributed by atoms with Crippen molar-refractivity contribution < 1.29 is 14.6 Å². The fraction of sp³-hybridized carbons (Fsp3) is 0.538. The quantitative estimate of drug-likeness (QED) is 0.783. The standard InChI is InChI=1S/C13H20N2O3/c1-6-9(7-16)11-13(18-5)14-10(8(2)3)12(15-11)17-4/h6,8-9,16H,1,7H2,2-5H3. The lowest BCUT2D eigenvalue weighted by molar-refractivity contribution is 0.274. The molecule has 0 aliphatic heterocycles. The second-order valence-electron chi connectivity index (χ2n) is 4.19. The second-order valence-corrected chi connectivity index (χ2v) is 4.19. The number of hydrogen-bond acceptors (Lipinski definition) is 5. The van der Waals surface area contributed by atoms with Crippen molar-refractivity contribution in [3.05, 3.63) is 24.0 Å². The minimum atomic E-state index is -0.317. The molecule has 0 fully saturated rings. The number of aliphatic hydroxyl groups excluding tert-OH is 1. The molecule has 0 aliphatic rings. The average Bonchev–Trinajstić information content (AvgIpc) is 2.39. The van der Waals surface area contributed by atoms with Crippen LogP contribution in [0, 0.1) is 0 Å². The van der Waals surface area contributed by atoms with E-state index in [4.69, 9.17) is 9.47 Å². The van der Waals surface area contributed by atoms with Crippen LogP contribution in [0.2, 0.25) is 0 Å². The summed E-state index contributed by atoms with van der Waals surface area (Å²) in [5.74, 6) is 0.716. The van der Waals surface area contributed by atoms with Crippen molar-refractivity contribution in [2.75, 3.05) is 20.8 Å². The van der Waals surface area contributed by atoms with Crippen molar-refractivity contribution in [1.29, 1.82) is 0 Å². The highest BCUT2D eigenvalue weighted by molar-refractivity contribution is 5.34. The Morgan fingerprint density at radius 2 is 1.67 bits per heavy atom. The van der Waals surface area contributed by atoms with Gasteiger partial charge >= 0.3 is 0 Å². The Morgan fingerprint density at radius 1 is 1.17 bits per heavy atom. The van der Waals surface area contributed by atoms with E-state index in [0.29, 0.717) is 17.5 Å². The van der Waals surface area contributed by atoms with Gasteiger partial charge in [0.2, 0.25) is 11.8 Å². The summed E-state index contributed by atoms with van der Waals surface area (Å²) in [4.78, 5) is 8.79. The fourth-order valence-electron chi connectivity index (χ4n) is 1.62. The molecule has 0 radical (unpaired) electrons. The van der Waals surface area contributed by atoms with Gasteiger partial charge in [0.25, 0.3) is 0 Å². The summed E-state index contributed by atoms with van der Waals surface area (Å²) < 4.78 is 10.5. The Hall–Kier alpha value is -1.62. The number of ether oxygens (including phenoxy) is 2. The number of methoxy groups -OCH3 is 2. The van der Waals surface area contributed by atoms with Crippen molar-refractivity contribution in [3.63, 3.8) is 0 Å². The summed E-state index contributed by atoms with van der Waals surface area (Å²) in [5, 5.41) is 9.31. The topological polar surface area (TPSA) is 64.5 Å². The summed E-state index contributed by atoms with van der Waals surface area (Å²) in [7, 11) is 3.08. The van der Waals surface area contributed by atoms with E-state index in [0.717, 1.165) is 5.69 Å². The lowest BCUT2D eigenvalue weighted by atomic mass is 10.1. The lowest BCUT2D eigenvalue weighted by Gasteiger charge is -2.17. The van der Waals surface area contributed by atoms with Gasteiger partial charge in [-0.05, 0) is 0 Å². The Kier molecular flexibility index (Phi) is 5.09. The molecular formula is C13H20N2O3. The molecule has 1 unspecified atom stereocenters. The van der Waals surface area contributed by atoms with Crippen molar-refractivity contribution in [3.8, 4) is 11.8 Å². The average molecular weight is 252 g/mol. The van der Waals surface area contributed by atoms with Crippen LogP contribution in [0.15, 0.2) is 12.7 Å². The van der Waals surface area contributed by atoms with Crippen molar-refractivity contribution in [2.45, 2.75) is 25.7 Å². The van der Waals surface area contributed by atoms with Crippen LogP contribution in [-0.4, -0.2) is 35.9 Å². The van der Waals surface area contributed by atoms with Crippen LogP contribution in [0.5, 0.6) is 11.8 Å². The summed E-state index contributed by atoms with van der Waals surface area (Å²) >= 11 is 0. The summed E-state index contributed by atoms with van der Waals surface area (Å²) in [6.45, 7) is 7.58. The van der Waals surface area contributed by atoms with Crippen molar-refractivity contribution in [2.24, 2.45) is 0 Å². The summed E-state index contributed by atoms with van der Waals surface area (Å²) in [6.07, 6.45) is 1.61. The van der Waals surface area contributed by atoms with Gasteiger partial charge in [0.15, 0.2) is 0 Å². The molecule has 1 N–H and O–H groups in total. The fourth-order valence-corrected chi connectivity index (χ4v) is 1.62. The van der Waals surface area contributed by atoms with Gasteiger partial charge in [0, 0.05) is 11.8 Å². The van der Waals surface area contributed by atoms with Crippen LogP contribution < -0.4 is 9.47 Å². The Morgan fingerprint density at radius 3 is 2.06 bits per heavy atom. The van der Waals surface area contributed by atoms with Gasteiger partial charge in [-0.25, -0.2) is 9.97 Å². The Balaban J connectivity index is 3.38. The maximum Gasteiger partial charge on any atom is 0.236 e. The molecule has 0 saturated heterocycles. The molecule has 0 spiro atoms. The number of rotatable bonds is 6. The zero-order valence-corrected chi connectivity index (χ0v) is 11.3. The highest BCUT2D eigenvalue weighted by Crippen LogP contribution is 2.31. The van der Waals surface area contributed by atoms with Crippen LogP contribution in [0.25, 0.3) is 0 Å². The molecule has 5 nitrogen and oxygen atoms in total. The largest absolute Gasteiger partial charge is 0.480 e. The molecule has 1 aromatic rings. The Labute approximate surface area is 107 Å². The highest BCUT2D eigenvalue weighted by atomic mass is 16.5. The van der Waals surface area contributed by atoms with Crippen molar-refractivity contribution >= 4 is 0 Å². The zero-order chi connectivity index (χ0) is 13.7. The maximum atomic E-state index is 9.31. The molecule has 0 bridgehead atoms. The molecule has 100 valence electrons. The Bertz CT molecular complexity index is 419. The van der Waals surface area contributed by atoms with E-state index in [-0.39, 0.29) is 18.4 Å². The number of nitrogens with zero attached hydrogens (tertiary/aromatic N) is 2. The third-order valence-corrected chi connectivity index (χ3v) is 2.65. The molecule has 1 aromatic heterocycles. The van der Waals surface area contributed by atoms with E-state index in [9.17, 15) is 5.11 Å². The molecule has 1 heterocycles. The van der Waals surface area contributed by atoms with Gasteiger partial charge in [0.05, 0.1) is 20.8 Å². The van der Waals surface area contributed by atoms with Gasteiger partial charge in [-0.2, -0.15) is 0 Å². The molecule has 0 amide bonds. The molecule has 1 rings (SSSR count). The molecule has 18 heavy (non-hydrogen) atoms. The van der Waals surface area contributed by atoms with Crippen LogP contribution in [0.1, 0.15) is 37.1 Å². The zero-order valence-electron chi connectivity index (χ0n) is 11.3. The monoisotopic (exact) mass is 252 g/mol. The molecule has 0 aromatic carbocycles. The first-order chi connectivity index (χ1) is 8.58. The predicted octanol–water partition coefficient (Wildman–Crippen LogP) is 1.88. The maximum absolute atomic E-state index is 9.31. The first-order valence-corrected chi connectivity index (χ1v) is 5.82. The first-order valence-electron chi connectivity index (χ1n) is 5.82. The normalized spacial score (nSPS) is 12.3. The molecule has 5 heteroatoms. The van der Waals surface area contributed by atoms with Gasteiger partial charge in [-0.15, -0.1) is 6.58 Å². The van der Waals surface area contributed by atoms with E-state index >= 15 is 0 Å². The molecule has 1 atom stereocenters. The van der Waals surface area contributed by atoms with Gasteiger partial charge in [-0.3, -0.25) is 0 Å². The number of aromatic nitrogens is 2. The summed E-state index contributed by atoms with van der Waals surface area (Å²) in [5.41, 5.74) is 1.27. The molecular weight excluding hydrogens is 232 g/mol. The van der Waals surface area contributed by atoms with Crippen LogP contribution in [-0.2, 0) is 0 Å². The van der Waals surface area contributed by atoms with Gasteiger partial charge in [0.1, 0.15) is 11.4 Å². The van der Waals surface area contributed by atoms with E-state index in [2.05, 4.69) is 16.5 Å².